The number of aliphatic hydroxyl groups excluding tert-OH is 1. The number of rotatable bonds is 4. The summed E-state index contributed by atoms with van der Waals surface area (Å²) in [5.41, 5.74) is 6.16. The summed E-state index contributed by atoms with van der Waals surface area (Å²) < 4.78 is 13.2. The van der Waals surface area contributed by atoms with Crippen LogP contribution in [0, 0.1) is 5.82 Å². The van der Waals surface area contributed by atoms with Crippen molar-refractivity contribution in [2.24, 2.45) is 5.73 Å². The molecule has 4 N–H and O–H groups in total. The predicted octanol–water partition coefficient (Wildman–Crippen LogP) is 1.78. The van der Waals surface area contributed by atoms with Crippen molar-refractivity contribution in [2.45, 2.75) is 6.61 Å². The van der Waals surface area contributed by atoms with E-state index in [1.165, 1.54) is 24.3 Å². The maximum atomic E-state index is 13.2. The Balaban J connectivity index is 2.69. The van der Waals surface area contributed by atoms with Gasteiger partial charge in [-0.1, -0.05) is 6.07 Å². The molecule has 0 unspecified atom stereocenters. The van der Waals surface area contributed by atoms with Gasteiger partial charge < -0.3 is 15.9 Å². The van der Waals surface area contributed by atoms with Crippen molar-refractivity contribution in [1.82, 2.24) is 0 Å². The first-order chi connectivity index (χ1) is 9.92. The molecule has 0 aromatic heterocycles. The summed E-state index contributed by atoms with van der Waals surface area (Å²) in [4.78, 5) is 22.5. The number of carbonyl (C=O) groups excluding carboxylic acids is 1. The van der Waals surface area contributed by atoms with Gasteiger partial charge in [-0.15, -0.1) is 0 Å². The maximum Gasteiger partial charge on any atom is 0.335 e. The molecule has 0 radical (unpaired) electrons. The van der Waals surface area contributed by atoms with Gasteiger partial charge >= 0.3 is 5.97 Å². The van der Waals surface area contributed by atoms with E-state index in [-0.39, 0.29) is 17.7 Å². The van der Waals surface area contributed by atoms with Crippen LogP contribution in [-0.2, 0) is 6.61 Å². The van der Waals surface area contributed by atoms with E-state index in [0.717, 1.165) is 12.1 Å². The van der Waals surface area contributed by atoms with E-state index in [1.54, 1.807) is 0 Å². The normalized spacial score (nSPS) is 10.4. The van der Waals surface area contributed by atoms with E-state index in [1.807, 2.05) is 0 Å². The second kappa shape index (κ2) is 5.72. The van der Waals surface area contributed by atoms with Crippen molar-refractivity contribution in [1.29, 1.82) is 0 Å². The molecule has 0 heterocycles. The van der Waals surface area contributed by atoms with Crippen LogP contribution < -0.4 is 5.73 Å². The lowest BCUT2D eigenvalue weighted by Gasteiger charge is -2.10. The molecule has 2 aromatic carbocycles. The Kier molecular flexibility index (Phi) is 4.00. The summed E-state index contributed by atoms with van der Waals surface area (Å²) in [6.45, 7) is -0.360. The lowest BCUT2D eigenvalue weighted by molar-refractivity contribution is 0.0696. The average molecular weight is 289 g/mol. The van der Waals surface area contributed by atoms with E-state index >= 15 is 0 Å². The van der Waals surface area contributed by atoms with Gasteiger partial charge in [0, 0.05) is 5.56 Å². The zero-order chi connectivity index (χ0) is 15.6. The predicted molar refractivity (Wildman–Crippen MR) is 73.2 cm³/mol. The maximum absolute atomic E-state index is 13.2. The first-order valence-corrected chi connectivity index (χ1v) is 6.00. The Hall–Kier alpha value is -2.73. The molecule has 0 aliphatic carbocycles. The monoisotopic (exact) mass is 289 g/mol. The number of aromatic carboxylic acids is 1. The van der Waals surface area contributed by atoms with E-state index in [4.69, 9.17) is 10.8 Å². The fourth-order valence-electron chi connectivity index (χ4n) is 2.03. The van der Waals surface area contributed by atoms with Crippen molar-refractivity contribution in [3.63, 3.8) is 0 Å². The van der Waals surface area contributed by atoms with Crippen LogP contribution in [0.4, 0.5) is 4.39 Å². The van der Waals surface area contributed by atoms with Crippen LogP contribution >= 0.6 is 0 Å². The summed E-state index contributed by atoms with van der Waals surface area (Å²) in [5, 5.41) is 18.3. The molecular formula is C15H12FNO4. The van der Waals surface area contributed by atoms with Gasteiger partial charge in [-0.2, -0.15) is 0 Å². The number of halogens is 1. The first kappa shape index (κ1) is 14.7. The largest absolute Gasteiger partial charge is 0.478 e. The smallest absolute Gasteiger partial charge is 0.335 e. The van der Waals surface area contributed by atoms with Crippen LogP contribution in [0.5, 0.6) is 0 Å². The number of benzene rings is 2. The summed E-state index contributed by atoms with van der Waals surface area (Å²) in [7, 11) is 0. The fraction of sp³-hybridized carbons (Fsp3) is 0.0667. The van der Waals surface area contributed by atoms with Gasteiger partial charge in [0.2, 0.25) is 5.91 Å². The fourth-order valence-corrected chi connectivity index (χ4v) is 2.03. The van der Waals surface area contributed by atoms with Gasteiger partial charge in [0.25, 0.3) is 0 Å². The molecule has 0 saturated carbocycles. The number of hydrogen-bond acceptors (Lipinski definition) is 3. The Morgan fingerprint density at radius 2 is 1.86 bits per heavy atom. The lowest BCUT2D eigenvalue weighted by atomic mass is 9.95. The van der Waals surface area contributed by atoms with Crippen LogP contribution in [0.3, 0.4) is 0 Å². The average Bonchev–Trinajstić information content (AvgIpc) is 2.46. The molecule has 0 spiro atoms. The molecule has 108 valence electrons. The zero-order valence-corrected chi connectivity index (χ0v) is 10.8. The third-order valence-corrected chi connectivity index (χ3v) is 2.98. The minimum absolute atomic E-state index is 0.0451. The minimum atomic E-state index is -1.17. The van der Waals surface area contributed by atoms with Crippen LogP contribution in [0.15, 0.2) is 36.4 Å². The van der Waals surface area contributed by atoms with Crippen LogP contribution in [0.1, 0.15) is 26.3 Å². The van der Waals surface area contributed by atoms with Crippen molar-refractivity contribution < 1.29 is 24.2 Å². The van der Waals surface area contributed by atoms with Gasteiger partial charge in [0.15, 0.2) is 0 Å². The van der Waals surface area contributed by atoms with Gasteiger partial charge in [0.05, 0.1) is 12.2 Å². The standard InChI is InChI=1S/C15H12FNO4/c16-11-1-2-12(13(6-11)14(17)19)9-3-8(7-18)4-10(5-9)15(20)21/h1-6,18H,7H2,(H2,17,19)(H,20,21). The SMILES string of the molecule is NC(=O)c1cc(F)ccc1-c1cc(CO)cc(C(=O)O)c1. The second-order valence-corrected chi connectivity index (χ2v) is 4.44. The lowest BCUT2D eigenvalue weighted by Crippen LogP contribution is -2.13. The molecule has 0 fully saturated rings. The summed E-state index contributed by atoms with van der Waals surface area (Å²) >= 11 is 0. The highest BCUT2D eigenvalue weighted by Gasteiger charge is 2.14. The number of carbonyl (C=O) groups is 2. The molecule has 0 saturated heterocycles. The van der Waals surface area contributed by atoms with Crippen molar-refractivity contribution in [2.75, 3.05) is 0 Å². The van der Waals surface area contributed by atoms with Gasteiger partial charge in [0.1, 0.15) is 5.82 Å². The Morgan fingerprint density at radius 3 is 2.43 bits per heavy atom. The topological polar surface area (TPSA) is 101 Å². The summed E-state index contributed by atoms with van der Waals surface area (Å²) in [6, 6.07) is 7.65. The quantitative estimate of drug-likeness (QED) is 0.798. The minimum Gasteiger partial charge on any atom is -0.478 e. The Labute approximate surface area is 119 Å². The van der Waals surface area contributed by atoms with Gasteiger partial charge in [-0.05, 0) is 47.0 Å². The number of hydrogen-bond donors (Lipinski definition) is 3. The molecule has 1 amide bonds. The van der Waals surface area contributed by atoms with Gasteiger partial charge in [-0.25, -0.2) is 9.18 Å². The first-order valence-electron chi connectivity index (χ1n) is 6.00. The highest BCUT2D eigenvalue weighted by Crippen LogP contribution is 2.27. The molecule has 0 bridgehead atoms. The van der Waals surface area contributed by atoms with Crippen molar-refractivity contribution in [3.8, 4) is 11.1 Å². The second-order valence-electron chi connectivity index (χ2n) is 4.44. The van der Waals surface area contributed by atoms with Crippen LogP contribution in [0.2, 0.25) is 0 Å². The molecule has 0 aliphatic heterocycles. The molecular weight excluding hydrogens is 277 g/mol. The van der Waals surface area contributed by atoms with E-state index in [2.05, 4.69) is 0 Å². The molecule has 21 heavy (non-hydrogen) atoms. The third kappa shape index (κ3) is 3.06. The molecule has 0 aliphatic rings. The highest BCUT2D eigenvalue weighted by atomic mass is 19.1. The number of primary amides is 1. The van der Waals surface area contributed by atoms with E-state index in [0.29, 0.717) is 16.7 Å². The molecule has 2 rings (SSSR count). The summed E-state index contributed by atoms with van der Waals surface area (Å²) in [5.74, 6) is -2.62. The zero-order valence-electron chi connectivity index (χ0n) is 10.8. The highest BCUT2D eigenvalue weighted by molar-refractivity contribution is 6.00. The summed E-state index contributed by atoms with van der Waals surface area (Å²) in [6.07, 6.45) is 0. The number of nitrogens with two attached hydrogens (primary N) is 1. The number of amides is 1. The number of carboxylic acids is 1. The van der Waals surface area contributed by atoms with Gasteiger partial charge in [-0.3, -0.25) is 4.79 Å². The molecule has 5 nitrogen and oxygen atoms in total. The van der Waals surface area contributed by atoms with E-state index < -0.39 is 17.7 Å². The number of aliphatic hydroxyl groups is 1. The molecule has 6 heteroatoms. The Morgan fingerprint density at radius 1 is 1.14 bits per heavy atom. The third-order valence-electron chi connectivity index (χ3n) is 2.98. The van der Waals surface area contributed by atoms with Crippen molar-refractivity contribution >= 4 is 11.9 Å². The van der Waals surface area contributed by atoms with Crippen molar-refractivity contribution in [3.05, 3.63) is 58.9 Å². The van der Waals surface area contributed by atoms with E-state index in [9.17, 15) is 19.1 Å². The number of carboxylic acid groups (broad SMARTS) is 1. The molecule has 2 aromatic rings. The van der Waals surface area contributed by atoms with Crippen LogP contribution in [0.25, 0.3) is 11.1 Å². The Bertz CT molecular complexity index is 728. The molecule has 0 atom stereocenters. The van der Waals surface area contributed by atoms with Crippen LogP contribution in [-0.4, -0.2) is 22.1 Å².